The Morgan fingerprint density at radius 3 is 2.43 bits per heavy atom. The smallest absolute Gasteiger partial charge is 0.233 e. The zero-order chi connectivity index (χ0) is 16.1. The highest BCUT2D eigenvalue weighted by Crippen LogP contribution is 2.24. The summed E-state index contributed by atoms with van der Waals surface area (Å²) in [5.41, 5.74) is 5.51. The first-order valence-electron chi connectivity index (χ1n) is 5.77. The molecule has 0 heterocycles. The van der Waals surface area contributed by atoms with Crippen LogP contribution in [-0.2, 0) is 19.9 Å². The number of nitrogens with two attached hydrogens (primary N) is 1. The van der Waals surface area contributed by atoms with Gasteiger partial charge in [-0.1, -0.05) is 24.4 Å². The van der Waals surface area contributed by atoms with Crippen LogP contribution in [-0.4, -0.2) is 46.2 Å². The van der Waals surface area contributed by atoms with Crippen LogP contribution in [0.15, 0.2) is 24.3 Å². The molecular weight excluding hydrogens is 336 g/mol. The molecule has 0 aliphatic heterocycles. The summed E-state index contributed by atoms with van der Waals surface area (Å²) < 4.78 is 53.3. The Kier molecular flexibility index (Phi) is 5.93. The minimum absolute atomic E-state index is 0.0303. The van der Waals surface area contributed by atoms with Gasteiger partial charge in [-0.15, -0.1) is 0 Å². The van der Waals surface area contributed by atoms with Gasteiger partial charge in [-0.05, 0) is 12.1 Å². The summed E-state index contributed by atoms with van der Waals surface area (Å²) in [6.45, 7) is -0.0303. The number of nitrogens with one attached hydrogen (secondary N) is 1. The number of thiocarbonyl (C=S) groups is 1. The van der Waals surface area contributed by atoms with Gasteiger partial charge in [0.2, 0.25) is 10.0 Å². The molecule has 0 aliphatic carbocycles. The molecular formula is C11H16N2O5S3. The van der Waals surface area contributed by atoms with E-state index in [0.29, 0.717) is 0 Å². The number of rotatable bonds is 8. The van der Waals surface area contributed by atoms with Gasteiger partial charge in [-0.3, -0.25) is 4.72 Å². The van der Waals surface area contributed by atoms with E-state index < -0.39 is 31.4 Å². The molecule has 0 radical (unpaired) electrons. The second kappa shape index (κ2) is 7.05. The van der Waals surface area contributed by atoms with Crippen molar-refractivity contribution in [2.75, 3.05) is 29.1 Å². The molecule has 10 heteroatoms. The molecule has 0 bridgehead atoms. The lowest BCUT2D eigenvalue weighted by Gasteiger charge is -2.13. The van der Waals surface area contributed by atoms with Gasteiger partial charge < -0.3 is 10.5 Å². The topological polar surface area (TPSA) is 116 Å². The maximum absolute atomic E-state index is 11.9. The lowest BCUT2D eigenvalue weighted by Crippen LogP contribution is -2.23. The third-order valence-corrected chi connectivity index (χ3v) is 4.84. The van der Waals surface area contributed by atoms with Crippen LogP contribution in [0.5, 0.6) is 5.75 Å². The number of ether oxygens (including phenoxy) is 1. The molecule has 3 N–H and O–H groups in total. The number of sulfonamides is 1. The van der Waals surface area contributed by atoms with Gasteiger partial charge in [0.1, 0.15) is 27.2 Å². The minimum atomic E-state index is -3.80. The van der Waals surface area contributed by atoms with E-state index in [9.17, 15) is 16.8 Å². The van der Waals surface area contributed by atoms with Crippen molar-refractivity contribution in [3.05, 3.63) is 24.3 Å². The van der Waals surface area contributed by atoms with Crippen LogP contribution in [0.2, 0.25) is 0 Å². The number of hydrogen-bond acceptors (Lipinski definition) is 6. The lowest BCUT2D eigenvalue weighted by molar-refractivity contribution is 0.379. The summed E-state index contributed by atoms with van der Waals surface area (Å²) in [7, 11) is -7.17. The van der Waals surface area contributed by atoms with Crippen LogP contribution in [0.4, 0.5) is 5.69 Å². The van der Waals surface area contributed by atoms with Crippen molar-refractivity contribution < 1.29 is 21.6 Å². The Hall–Kier alpha value is -1.39. The highest BCUT2D eigenvalue weighted by Gasteiger charge is 2.16. The number of para-hydroxylation sites is 2. The molecule has 21 heavy (non-hydrogen) atoms. The molecule has 1 aromatic carbocycles. The predicted molar refractivity (Wildman–Crippen MR) is 85.8 cm³/mol. The second-order valence-corrected chi connectivity index (χ2v) is 8.93. The van der Waals surface area contributed by atoms with Gasteiger partial charge in [0.05, 0.1) is 17.2 Å². The fourth-order valence-corrected chi connectivity index (χ4v) is 4.06. The van der Waals surface area contributed by atoms with Crippen LogP contribution < -0.4 is 15.2 Å². The van der Waals surface area contributed by atoms with Gasteiger partial charge in [0, 0.05) is 6.26 Å². The molecule has 0 aromatic heterocycles. The number of sulfone groups is 1. The molecule has 0 saturated heterocycles. The highest BCUT2D eigenvalue weighted by molar-refractivity contribution is 7.95. The number of benzene rings is 1. The van der Waals surface area contributed by atoms with E-state index in [2.05, 4.69) is 16.9 Å². The third kappa shape index (κ3) is 7.25. The monoisotopic (exact) mass is 352 g/mol. The fourth-order valence-electron chi connectivity index (χ4n) is 1.31. The predicted octanol–water partition coefficient (Wildman–Crippen LogP) is 0.138. The molecule has 0 aliphatic rings. The molecule has 1 rings (SSSR count). The second-order valence-electron chi connectivity index (χ2n) is 4.30. The molecule has 0 amide bonds. The first-order valence-corrected chi connectivity index (χ1v) is 9.89. The largest absolute Gasteiger partial charge is 0.484 e. The van der Waals surface area contributed by atoms with Crippen molar-refractivity contribution in [2.24, 2.45) is 5.73 Å². The van der Waals surface area contributed by atoms with Gasteiger partial charge >= 0.3 is 0 Å². The number of hydrogen-bond donors (Lipinski definition) is 2. The van der Waals surface area contributed by atoms with Crippen molar-refractivity contribution in [1.82, 2.24) is 0 Å². The standard InChI is InChI=1S/C11H16N2O5S3/c1-20(14,15)6-7-21(16,17)13-9-4-2-3-5-10(9)18-8-11(12)19/h2-5,13H,6-8H2,1H3,(H2,12,19). The Balaban J connectivity index is 2.84. The molecule has 0 atom stereocenters. The van der Waals surface area contributed by atoms with Crippen molar-refractivity contribution in [2.45, 2.75) is 0 Å². The van der Waals surface area contributed by atoms with E-state index in [-0.39, 0.29) is 23.0 Å². The van der Waals surface area contributed by atoms with Crippen LogP contribution in [0.3, 0.4) is 0 Å². The molecule has 7 nitrogen and oxygen atoms in total. The molecule has 0 spiro atoms. The van der Waals surface area contributed by atoms with E-state index in [1.54, 1.807) is 18.2 Å². The van der Waals surface area contributed by atoms with Gasteiger partial charge in [-0.2, -0.15) is 0 Å². The van der Waals surface area contributed by atoms with E-state index >= 15 is 0 Å². The average molecular weight is 352 g/mol. The zero-order valence-electron chi connectivity index (χ0n) is 11.3. The fraction of sp³-hybridized carbons (Fsp3) is 0.364. The van der Waals surface area contributed by atoms with E-state index in [0.717, 1.165) is 6.26 Å². The summed E-state index contributed by atoms with van der Waals surface area (Å²) >= 11 is 4.68. The van der Waals surface area contributed by atoms with Crippen molar-refractivity contribution in [3.8, 4) is 5.75 Å². The maximum Gasteiger partial charge on any atom is 0.233 e. The van der Waals surface area contributed by atoms with Crippen molar-refractivity contribution in [1.29, 1.82) is 0 Å². The molecule has 0 unspecified atom stereocenters. The summed E-state index contributed by atoms with van der Waals surface area (Å²) in [4.78, 5) is 0.129. The first-order chi connectivity index (χ1) is 9.59. The zero-order valence-corrected chi connectivity index (χ0v) is 13.7. The molecule has 0 saturated carbocycles. The number of anilines is 1. The highest BCUT2D eigenvalue weighted by atomic mass is 32.2. The average Bonchev–Trinajstić information content (AvgIpc) is 2.34. The molecule has 1 aromatic rings. The van der Waals surface area contributed by atoms with Crippen LogP contribution in [0.25, 0.3) is 0 Å². The van der Waals surface area contributed by atoms with Crippen molar-refractivity contribution >= 4 is 42.8 Å². The van der Waals surface area contributed by atoms with E-state index in [4.69, 9.17) is 10.5 Å². The van der Waals surface area contributed by atoms with Gasteiger partial charge in [0.25, 0.3) is 0 Å². The van der Waals surface area contributed by atoms with Gasteiger partial charge in [0.15, 0.2) is 0 Å². The summed E-state index contributed by atoms with van der Waals surface area (Å²) in [6.07, 6.45) is 0.974. The lowest BCUT2D eigenvalue weighted by atomic mass is 10.3. The normalized spacial score (nSPS) is 11.9. The Morgan fingerprint density at radius 1 is 1.24 bits per heavy atom. The SMILES string of the molecule is CS(=O)(=O)CCS(=O)(=O)Nc1ccccc1OCC(N)=S. The first kappa shape index (κ1) is 17.7. The van der Waals surface area contributed by atoms with E-state index in [1.165, 1.54) is 6.07 Å². The Morgan fingerprint density at radius 2 is 1.86 bits per heavy atom. The minimum Gasteiger partial charge on any atom is -0.484 e. The van der Waals surface area contributed by atoms with Crippen LogP contribution in [0, 0.1) is 0 Å². The Labute approximate surface area is 129 Å². The van der Waals surface area contributed by atoms with Crippen molar-refractivity contribution in [3.63, 3.8) is 0 Å². The summed E-state index contributed by atoms with van der Waals surface area (Å²) in [5, 5.41) is 0. The molecule has 118 valence electrons. The molecule has 0 fully saturated rings. The van der Waals surface area contributed by atoms with Crippen LogP contribution in [0.1, 0.15) is 0 Å². The van der Waals surface area contributed by atoms with Crippen LogP contribution >= 0.6 is 12.2 Å². The third-order valence-electron chi connectivity index (χ3n) is 2.25. The quantitative estimate of drug-likeness (QED) is 0.639. The maximum atomic E-state index is 11.9. The van der Waals surface area contributed by atoms with Gasteiger partial charge in [-0.25, -0.2) is 16.8 Å². The Bertz CT molecular complexity index is 713. The van der Waals surface area contributed by atoms with E-state index in [1.807, 2.05) is 0 Å². The summed E-state index contributed by atoms with van der Waals surface area (Å²) in [5.74, 6) is -0.735. The summed E-state index contributed by atoms with van der Waals surface area (Å²) in [6, 6.07) is 6.31.